The van der Waals surface area contributed by atoms with E-state index < -0.39 is 0 Å². The minimum atomic E-state index is 0.628. The van der Waals surface area contributed by atoms with Crippen LogP contribution >= 0.6 is 11.6 Å². The first-order valence-electron chi connectivity index (χ1n) is 11.0. The van der Waals surface area contributed by atoms with Crippen molar-refractivity contribution in [1.82, 2.24) is 14.5 Å². The Bertz CT molecular complexity index is 1320. The van der Waals surface area contributed by atoms with Crippen LogP contribution in [-0.2, 0) is 6.54 Å². The molecule has 0 aliphatic carbocycles. The third-order valence-corrected chi connectivity index (χ3v) is 6.63. The fourth-order valence-corrected chi connectivity index (χ4v) is 5.05. The van der Waals surface area contributed by atoms with Gasteiger partial charge in [0.2, 0.25) is 0 Å². The van der Waals surface area contributed by atoms with Crippen LogP contribution in [0.25, 0.3) is 33.2 Å². The standard InChI is InChI=1S/C27H25ClN4/c1-31-9-3-4-20(16-31)17-32-18-26(25-10-19(13-29)7-8-27(25)32)23-11-22(14-30-15-23)21-5-2-6-24(28)12-21/h2,5-8,10-12,14-15,18,20H,3-4,9,16-17H2,1H3. The molecule has 2 aromatic heterocycles. The zero-order valence-corrected chi connectivity index (χ0v) is 18.9. The Hall–Kier alpha value is -3.13. The highest BCUT2D eigenvalue weighted by Gasteiger charge is 2.20. The highest BCUT2D eigenvalue weighted by molar-refractivity contribution is 6.30. The zero-order valence-electron chi connectivity index (χ0n) is 18.1. The molecule has 1 saturated heterocycles. The lowest BCUT2D eigenvalue weighted by molar-refractivity contribution is 0.196. The van der Waals surface area contributed by atoms with E-state index in [1.54, 1.807) is 0 Å². The van der Waals surface area contributed by atoms with Crippen molar-refractivity contribution in [2.45, 2.75) is 19.4 Å². The molecule has 1 aliphatic rings. The van der Waals surface area contributed by atoms with Crippen LogP contribution in [0, 0.1) is 17.2 Å². The average molecular weight is 441 g/mol. The lowest BCUT2D eigenvalue weighted by atomic mass is 9.98. The van der Waals surface area contributed by atoms with Gasteiger partial charge in [-0.25, -0.2) is 0 Å². The summed E-state index contributed by atoms with van der Waals surface area (Å²) < 4.78 is 2.36. The van der Waals surface area contributed by atoms with E-state index >= 15 is 0 Å². The maximum absolute atomic E-state index is 9.49. The molecule has 0 amide bonds. The topological polar surface area (TPSA) is 44.9 Å². The molecule has 0 saturated carbocycles. The van der Waals surface area contributed by atoms with E-state index in [1.165, 1.54) is 24.9 Å². The summed E-state index contributed by atoms with van der Waals surface area (Å²) in [7, 11) is 2.21. The maximum Gasteiger partial charge on any atom is 0.0991 e. The quantitative estimate of drug-likeness (QED) is 0.377. The van der Waals surface area contributed by atoms with E-state index in [2.05, 4.69) is 45.9 Å². The summed E-state index contributed by atoms with van der Waals surface area (Å²) in [6, 6.07) is 18.3. The normalized spacial score (nSPS) is 16.8. The number of benzene rings is 2. The molecule has 4 aromatic rings. The number of nitrogens with zero attached hydrogens (tertiary/aromatic N) is 4. The minimum absolute atomic E-state index is 0.628. The minimum Gasteiger partial charge on any atom is -0.347 e. The Morgan fingerprint density at radius 2 is 1.97 bits per heavy atom. The van der Waals surface area contributed by atoms with Gasteiger partial charge < -0.3 is 9.47 Å². The van der Waals surface area contributed by atoms with Crippen molar-refractivity contribution < 1.29 is 0 Å². The number of pyridine rings is 1. The van der Waals surface area contributed by atoms with Crippen molar-refractivity contribution >= 4 is 22.5 Å². The second kappa shape index (κ2) is 8.78. The fourth-order valence-electron chi connectivity index (χ4n) is 4.86. The van der Waals surface area contributed by atoms with Gasteiger partial charge in [-0.2, -0.15) is 5.26 Å². The van der Waals surface area contributed by atoms with Crippen molar-refractivity contribution in [3.63, 3.8) is 0 Å². The van der Waals surface area contributed by atoms with Crippen molar-refractivity contribution in [2.75, 3.05) is 20.1 Å². The largest absolute Gasteiger partial charge is 0.347 e. The molecule has 32 heavy (non-hydrogen) atoms. The molecule has 1 atom stereocenters. The second-order valence-corrected chi connectivity index (χ2v) is 9.22. The number of hydrogen-bond acceptors (Lipinski definition) is 3. The Balaban J connectivity index is 1.59. The summed E-state index contributed by atoms with van der Waals surface area (Å²) >= 11 is 6.21. The van der Waals surface area contributed by atoms with E-state index in [9.17, 15) is 5.26 Å². The van der Waals surface area contributed by atoms with E-state index in [0.717, 1.165) is 40.7 Å². The van der Waals surface area contributed by atoms with Gasteiger partial charge in [0.05, 0.1) is 11.6 Å². The summed E-state index contributed by atoms with van der Waals surface area (Å²) in [6.45, 7) is 3.28. The molecular weight excluding hydrogens is 416 g/mol. The fraction of sp³-hybridized carbons (Fsp3) is 0.259. The molecule has 0 spiro atoms. The molecule has 5 rings (SSSR count). The predicted molar refractivity (Wildman–Crippen MR) is 131 cm³/mol. The Labute approximate surface area is 193 Å². The van der Waals surface area contributed by atoms with Crippen LogP contribution in [0.4, 0.5) is 0 Å². The maximum atomic E-state index is 9.49. The van der Waals surface area contributed by atoms with Crippen LogP contribution in [0.1, 0.15) is 18.4 Å². The van der Waals surface area contributed by atoms with Crippen LogP contribution in [0.15, 0.2) is 67.1 Å². The van der Waals surface area contributed by atoms with Crippen LogP contribution < -0.4 is 0 Å². The summed E-state index contributed by atoms with van der Waals surface area (Å²) in [4.78, 5) is 6.95. The summed E-state index contributed by atoms with van der Waals surface area (Å²) in [6.07, 6.45) is 8.51. The number of fused-ring (bicyclic) bond motifs is 1. The summed E-state index contributed by atoms with van der Waals surface area (Å²) in [5.41, 5.74) is 6.06. The van der Waals surface area contributed by atoms with E-state index in [4.69, 9.17) is 11.6 Å². The van der Waals surface area contributed by atoms with E-state index in [1.807, 2.05) is 48.8 Å². The zero-order chi connectivity index (χ0) is 22.1. The Kier molecular flexibility index (Phi) is 5.70. The van der Waals surface area contributed by atoms with Gasteiger partial charge in [-0.3, -0.25) is 4.98 Å². The van der Waals surface area contributed by atoms with Gasteiger partial charge >= 0.3 is 0 Å². The van der Waals surface area contributed by atoms with Crippen LogP contribution in [0.3, 0.4) is 0 Å². The first-order chi connectivity index (χ1) is 15.6. The van der Waals surface area contributed by atoms with E-state index in [-0.39, 0.29) is 0 Å². The van der Waals surface area contributed by atoms with E-state index in [0.29, 0.717) is 16.5 Å². The molecule has 0 bridgehead atoms. The number of rotatable bonds is 4. The van der Waals surface area contributed by atoms with Gasteiger partial charge in [0.1, 0.15) is 0 Å². The van der Waals surface area contributed by atoms with Gasteiger partial charge in [0, 0.05) is 64.3 Å². The van der Waals surface area contributed by atoms with Gasteiger partial charge in [-0.05, 0) is 74.3 Å². The SMILES string of the molecule is CN1CCCC(Cn2cc(-c3cncc(-c4cccc(Cl)c4)c3)c3cc(C#N)ccc32)C1. The number of aromatic nitrogens is 2. The summed E-state index contributed by atoms with van der Waals surface area (Å²) in [5, 5.41) is 11.3. The molecule has 2 aromatic carbocycles. The molecule has 4 nitrogen and oxygen atoms in total. The third kappa shape index (κ3) is 4.14. The third-order valence-electron chi connectivity index (χ3n) is 6.39. The molecule has 0 N–H and O–H groups in total. The molecular formula is C27H25ClN4. The molecule has 160 valence electrons. The molecule has 0 radical (unpaired) electrons. The highest BCUT2D eigenvalue weighted by Crippen LogP contribution is 2.34. The molecule has 1 fully saturated rings. The summed E-state index contributed by atoms with van der Waals surface area (Å²) in [5.74, 6) is 0.628. The van der Waals surface area contributed by atoms with Gasteiger partial charge in [0.15, 0.2) is 0 Å². The first-order valence-corrected chi connectivity index (χ1v) is 11.4. The van der Waals surface area contributed by atoms with Crippen LogP contribution in [0.2, 0.25) is 5.02 Å². The van der Waals surface area contributed by atoms with Crippen molar-refractivity contribution in [3.05, 3.63) is 77.7 Å². The molecule has 1 aliphatic heterocycles. The van der Waals surface area contributed by atoms with Crippen molar-refractivity contribution in [1.29, 1.82) is 5.26 Å². The lowest BCUT2D eigenvalue weighted by Gasteiger charge is -2.30. The first kappa shape index (κ1) is 20.8. The number of likely N-dealkylation sites (tertiary alicyclic amines) is 1. The second-order valence-electron chi connectivity index (χ2n) is 8.78. The highest BCUT2D eigenvalue weighted by atomic mass is 35.5. The molecule has 1 unspecified atom stereocenters. The smallest absolute Gasteiger partial charge is 0.0991 e. The average Bonchev–Trinajstić information content (AvgIpc) is 3.16. The van der Waals surface area contributed by atoms with Gasteiger partial charge in [-0.15, -0.1) is 0 Å². The Morgan fingerprint density at radius 3 is 2.78 bits per heavy atom. The predicted octanol–water partition coefficient (Wildman–Crippen LogP) is 6.24. The Morgan fingerprint density at radius 1 is 1.09 bits per heavy atom. The molecule has 3 heterocycles. The molecule has 5 heteroatoms. The monoisotopic (exact) mass is 440 g/mol. The van der Waals surface area contributed by atoms with Crippen LogP contribution in [-0.4, -0.2) is 34.6 Å². The number of halogens is 1. The lowest BCUT2D eigenvalue weighted by Crippen LogP contribution is -2.33. The van der Waals surface area contributed by atoms with Crippen LogP contribution in [0.5, 0.6) is 0 Å². The number of nitriles is 1. The van der Waals surface area contributed by atoms with Gasteiger partial charge in [-0.1, -0.05) is 23.7 Å². The van der Waals surface area contributed by atoms with Crippen molar-refractivity contribution in [3.8, 4) is 28.3 Å². The number of hydrogen-bond donors (Lipinski definition) is 0. The van der Waals surface area contributed by atoms with Crippen molar-refractivity contribution in [2.24, 2.45) is 5.92 Å². The number of piperidine rings is 1. The van der Waals surface area contributed by atoms with Gasteiger partial charge in [0.25, 0.3) is 0 Å².